The molecule has 2 aromatic heterocycles. The van der Waals surface area contributed by atoms with Gasteiger partial charge in [-0.25, -0.2) is 10.2 Å². The number of hydrogen-bond acceptors (Lipinski definition) is 5. The molecule has 0 aliphatic heterocycles. The van der Waals surface area contributed by atoms with Crippen LogP contribution in [0.25, 0.3) is 11.3 Å². The molecule has 0 unspecified atom stereocenters. The first-order valence-electron chi connectivity index (χ1n) is 7.72. The topological polar surface area (TPSA) is 105 Å². The fourth-order valence-electron chi connectivity index (χ4n) is 2.31. The summed E-state index contributed by atoms with van der Waals surface area (Å²) in [5.41, 5.74) is 4.60. The molecule has 7 heteroatoms. The Balaban J connectivity index is 1.73. The van der Waals surface area contributed by atoms with Gasteiger partial charge in [-0.05, 0) is 48.9 Å². The molecule has 7 nitrogen and oxygen atoms in total. The molecule has 3 rings (SSSR count). The van der Waals surface area contributed by atoms with E-state index < -0.39 is 5.97 Å². The molecule has 0 saturated heterocycles. The Morgan fingerprint density at radius 3 is 2.62 bits per heavy atom. The zero-order chi connectivity index (χ0) is 18.5. The molecule has 0 atom stereocenters. The number of amides is 1. The number of aromatic nitrogens is 1. The molecule has 0 spiro atoms. The summed E-state index contributed by atoms with van der Waals surface area (Å²) in [6, 6.07) is 11.4. The lowest BCUT2D eigenvalue weighted by molar-refractivity contribution is 0.0696. The van der Waals surface area contributed by atoms with Crippen molar-refractivity contribution in [2.75, 3.05) is 0 Å². The second kappa shape index (κ2) is 7.43. The van der Waals surface area contributed by atoms with Crippen LogP contribution in [0.1, 0.15) is 32.0 Å². The number of aryl methyl sites for hydroxylation is 1. The van der Waals surface area contributed by atoms with Crippen LogP contribution in [0, 0.1) is 6.92 Å². The lowest BCUT2D eigenvalue weighted by Crippen LogP contribution is -2.17. The van der Waals surface area contributed by atoms with Gasteiger partial charge >= 0.3 is 5.97 Å². The monoisotopic (exact) mass is 349 g/mol. The average Bonchev–Trinajstić information content (AvgIpc) is 3.11. The van der Waals surface area contributed by atoms with E-state index >= 15 is 0 Å². The number of aromatic carboxylic acids is 1. The lowest BCUT2D eigenvalue weighted by atomic mass is 10.0. The van der Waals surface area contributed by atoms with Crippen molar-refractivity contribution in [3.05, 3.63) is 77.3 Å². The van der Waals surface area contributed by atoms with Gasteiger partial charge in [0, 0.05) is 23.5 Å². The van der Waals surface area contributed by atoms with Gasteiger partial charge < -0.3 is 9.52 Å². The number of carboxylic acids is 1. The summed E-state index contributed by atoms with van der Waals surface area (Å²) in [6.07, 6.45) is 4.41. The number of nitrogens with zero attached hydrogens (tertiary/aromatic N) is 2. The molecule has 2 N–H and O–H groups in total. The number of pyridine rings is 1. The molecule has 130 valence electrons. The van der Waals surface area contributed by atoms with E-state index in [1.807, 2.05) is 6.92 Å². The van der Waals surface area contributed by atoms with Crippen molar-refractivity contribution in [1.82, 2.24) is 10.4 Å². The first-order valence-corrected chi connectivity index (χ1v) is 7.72. The molecule has 3 aromatic rings. The van der Waals surface area contributed by atoms with Crippen LogP contribution in [-0.4, -0.2) is 28.2 Å². The quantitative estimate of drug-likeness (QED) is 0.544. The van der Waals surface area contributed by atoms with Crippen molar-refractivity contribution in [2.24, 2.45) is 5.10 Å². The lowest BCUT2D eigenvalue weighted by Gasteiger charge is -2.04. The van der Waals surface area contributed by atoms with Crippen LogP contribution in [0.2, 0.25) is 0 Å². The Bertz CT molecular complexity index is 977. The van der Waals surface area contributed by atoms with E-state index in [2.05, 4.69) is 15.5 Å². The van der Waals surface area contributed by atoms with Crippen molar-refractivity contribution in [3.63, 3.8) is 0 Å². The molecule has 0 fully saturated rings. The zero-order valence-electron chi connectivity index (χ0n) is 13.8. The number of carboxylic acid groups (broad SMARTS) is 1. The summed E-state index contributed by atoms with van der Waals surface area (Å²) in [7, 11) is 0. The molecular formula is C19H15N3O4. The largest absolute Gasteiger partial charge is 0.478 e. The van der Waals surface area contributed by atoms with Crippen molar-refractivity contribution in [2.45, 2.75) is 6.92 Å². The first-order chi connectivity index (χ1) is 12.5. The predicted octanol–water partition coefficient (Wildman–Crippen LogP) is 3.11. The SMILES string of the molecule is Cc1ccc(C(=O)O)cc1-c1ccc(/C=N\NC(=O)c2ccncc2)o1. The molecule has 0 bridgehead atoms. The van der Waals surface area contributed by atoms with Crippen LogP contribution in [0.4, 0.5) is 0 Å². The van der Waals surface area contributed by atoms with Crippen molar-refractivity contribution < 1.29 is 19.1 Å². The summed E-state index contributed by atoms with van der Waals surface area (Å²) in [5, 5.41) is 13.0. The fourth-order valence-corrected chi connectivity index (χ4v) is 2.31. The molecule has 1 amide bonds. The molecule has 0 aliphatic carbocycles. The highest BCUT2D eigenvalue weighted by molar-refractivity contribution is 5.94. The minimum Gasteiger partial charge on any atom is -0.478 e. The molecular weight excluding hydrogens is 334 g/mol. The minimum absolute atomic E-state index is 0.182. The Hall–Kier alpha value is -3.74. The summed E-state index contributed by atoms with van der Waals surface area (Å²) in [5.74, 6) is -0.415. The van der Waals surface area contributed by atoms with Gasteiger partial charge in [-0.15, -0.1) is 0 Å². The Morgan fingerprint density at radius 1 is 1.12 bits per heavy atom. The van der Waals surface area contributed by atoms with Gasteiger partial charge in [-0.1, -0.05) is 6.07 Å². The normalized spacial score (nSPS) is 10.8. The van der Waals surface area contributed by atoms with Gasteiger partial charge in [0.05, 0.1) is 11.8 Å². The molecule has 1 aromatic carbocycles. The van der Waals surface area contributed by atoms with Gasteiger partial charge in [-0.2, -0.15) is 5.10 Å². The zero-order valence-corrected chi connectivity index (χ0v) is 13.8. The summed E-state index contributed by atoms with van der Waals surface area (Å²) in [6.45, 7) is 1.87. The number of hydrogen-bond donors (Lipinski definition) is 2. The third-order valence-corrected chi connectivity index (χ3v) is 3.68. The smallest absolute Gasteiger partial charge is 0.335 e. The van der Waals surface area contributed by atoms with Crippen LogP contribution in [-0.2, 0) is 0 Å². The van der Waals surface area contributed by atoms with E-state index in [0.717, 1.165) is 5.56 Å². The maximum Gasteiger partial charge on any atom is 0.335 e. The van der Waals surface area contributed by atoms with E-state index in [1.54, 1.807) is 42.5 Å². The molecule has 26 heavy (non-hydrogen) atoms. The number of carbonyl (C=O) groups is 2. The van der Waals surface area contributed by atoms with Crippen molar-refractivity contribution in [1.29, 1.82) is 0 Å². The maximum absolute atomic E-state index is 11.9. The number of furan rings is 1. The predicted molar refractivity (Wildman–Crippen MR) is 95.1 cm³/mol. The van der Waals surface area contributed by atoms with Gasteiger partial charge in [0.1, 0.15) is 11.5 Å². The summed E-state index contributed by atoms with van der Waals surface area (Å²) in [4.78, 5) is 26.8. The van der Waals surface area contributed by atoms with Crippen LogP contribution in [0.5, 0.6) is 0 Å². The van der Waals surface area contributed by atoms with E-state index in [1.165, 1.54) is 18.6 Å². The summed E-state index contributed by atoms with van der Waals surface area (Å²) < 4.78 is 5.67. The van der Waals surface area contributed by atoms with Crippen LogP contribution in [0.3, 0.4) is 0 Å². The van der Waals surface area contributed by atoms with Gasteiger partial charge in [0.25, 0.3) is 5.91 Å². The Labute approximate surface area is 149 Å². The molecule has 0 radical (unpaired) electrons. The minimum atomic E-state index is -1.00. The third kappa shape index (κ3) is 3.84. The maximum atomic E-state index is 11.9. The molecule has 0 aliphatic rings. The first kappa shape index (κ1) is 17.1. The number of hydrazone groups is 1. The third-order valence-electron chi connectivity index (χ3n) is 3.68. The van der Waals surface area contributed by atoms with Gasteiger partial charge in [0.2, 0.25) is 0 Å². The fraction of sp³-hybridized carbons (Fsp3) is 0.0526. The number of rotatable bonds is 5. The number of carbonyl (C=O) groups excluding carboxylic acids is 1. The second-order valence-corrected chi connectivity index (χ2v) is 5.47. The highest BCUT2D eigenvalue weighted by Gasteiger charge is 2.11. The van der Waals surface area contributed by atoms with E-state index in [-0.39, 0.29) is 11.5 Å². The van der Waals surface area contributed by atoms with Crippen LogP contribution in [0.15, 0.2) is 64.4 Å². The van der Waals surface area contributed by atoms with Crippen molar-refractivity contribution >= 4 is 18.1 Å². The van der Waals surface area contributed by atoms with E-state index in [9.17, 15) is 9.59 Å². The second-order valence-electron chi connectivity index (χ2n) is 5.47. The average molecular weight is 349 g/mol. The molecule has 0 saturated carbocycles. The number of nitrogens with one attached hydrogen (secondary N) is 1. The van der Waals surface area contributed by atoms with Crippen LogP contribution >= 0.6 is 0 Å². The van der Waals surface area contributed by atoms with Gasteiger partial charge in [-0.3, -0.25) is 9.78 Å². The molecule has 2 heterocycles. The summed E-state index contributed by atoms with van der Waals surface area (Å²) >= 11 is 0. The van der Waals surface area contributed by atoms with E-state index in [0.29, 0.717) is 22.6 Å². The highest BCUT2D eigenvalue weighted by atomic mass is 16.4. The van der Waals surface area contributed by atoms with Crippen molar-refractivity contribution in [3.8, 4) is 11.3 Å². The Kier molecular flexibility index (Phi) is 4.89. The standard InChI is InChI=1S/C19H15N3O4/c1-12-2-3-14(19(24)25)10-16(12)17-5-4-15(26-17)11-21-22-18(23)13-6-8-20-9-7-13/h2-11H,1H3,(H,22,23)(H,24,25)/b21-11-. The van der Waals surface area contributed by atoms with Crippen LogP contribution < -0.4 is 5.43 Å². The van der Waals surface area contributed by atoms with E-state index in [4.69, 9.17) is 9.52 Å². The Morgan fingerprint density at radius 2 is 1.88 bits per heavy atom. The highest BCUT2D eigenvalue weighted by Crippen LogP contribution is 2.26. The van der Waals surface area contributed by atoms with Gasteiger partial charge in [0.15, 0.2) is 0 Å². The number of benzene rings is 1.